The predicted molar refractivity (Wildman–Crippen MR) is 155 cm³/mol. The first-order chi connectivity index (χ1) is 19.4. The lowest BCUT2D eigenvalue weighted by Gasteiger charge is -2.34. The monoisotopic (exact) mass is 570 g/mol. The molecule has 1 aliphatic heterocycles. The molecule has 6 rings (SSSR count). The Hall–Kier alpha value is -4.05. The van der Waals surface area contributed by atoms with Gasteiger partial charge in [-0.25, -0.2) is 8.42 Å². The Labute approximate surface area is 236 Å². The summed E-state index contributed by atoms with van der Waals surface area (Å²) < 4.78 is 36.0. The smallest absolute Gasteiger partial charge is 0.325 e. The first-order valence-electron chi connectivity index (χ1n) is 12.8. The minimum Gasteiger partial charge on any atom is -0.456 e. The molecule has 202 valence electrons. The van der Waals surface area contributed by atoms with Gasteiger partial charge in [-0.15, -0.1) is 11.3 Å². The van der Waals surface area contributed by atoms with Crippen molar-refractivity contribution >= 4 is 44.0 Å². The number of rotatable bonds is 7. The molecule has 0 bridgehead atoms. The van der Waals surface area contributed by atoms with Crippen molar-refractivity contribution in [2.75, 3.05) is 6.61 Å². The molecule has 0 saturated carbocycles. The van der Waals surface area contributed by atoms with Crippen LogP contribution in [0.2, 0.25) is 0 Å². The van der Waals surface area contributed by atoms with Crippen molar-refractivity contribution in [2.45, 2.75) is 23.2 Å². The summed E-state index contributed by atoms with van der Waals surface area (Å²) in [6.07, 6.45) is 0.164. The minimum atomic E-state index is -3.95. The number of ketones is 1. The molecule has 3 aromatic carbocycles. The van der Waals surface area contributed by atoms with Crippen LogP contribution < -0.4 is 0 Å². The van der Waals surface area contributed by atoms with E-state index in [9.17, 15) is 18.0 Å². The van der Waals surface area contributed by atoms with E-state index < -0.39 is 28.6 Å². The second kappa shape index (κ2) is 10.5. The quantitative estimate of drug-likeness (QED) is 0.192. The first-order valence-corrected chi connectivity index (χ1v) is 15.1. The van der Waals surface area contributed by atoms with Gasteiger partial charge in [-0.1, -0.05) is 78.9 Å². The predicted octanol–water partition coefficient (Wildman–Crippen LogP) is 5.45. The van der Waals surface area contributed by atoms with Crippen molar-refractivity contribution in [2.24, 2.45) is 7.05 Å². The van der Waals surface area contributed by atoms with Crippen LogP contribution in [-0.4, -0.2) is 41.7 Å². The molecule has 0 N–H and O–H groups in total. The normalized spacial score (nSPS) is 15.6. The minimum absolute atomic E-state index is 0.0472. The number of hydrogen-bond donors (Lipinski definition) is 0. The van der Waals surface area contributed by atoms with Crippen molar-refractivity contribution in [3.63, 3.8) is 0 Å². The zero-order valence-corrected chi connectivity index (χ0v) is 23.3. The number of ether oxygens (including phenoxy) is 1. The molecule has 0 saturated heterocycles. The Morgan fingerprint density at radius 3 is 2.35 bits per heavy atom. The molecule has 7 nitrogen and oxygen atoms in total. The maximum Gasteiger partial charge on any atom is 0.325 e. The maximum atomic E-state index is 13.7. The third-order valence-electron chi connectivity index (χ3n) is 7.31. The Morgan fingerprint density at radius 2 is 1.60 bits per heavy atom. The Bertz CT molecular complexity index is 1830. The molecule has 0 spiro atoms. The van der Waals surface area contributed by atoms with Crippen LogP contribution in [0.25, 0.3) is 22.2 Å². The zero-order chi connectivity index (χ0) is 27.9. The summed E-state index contributed by atoms with van der Waals surface area (Å²) in [6.45, 7) is -0.455. The standard InChI is InChI=1S/C31H26N2O5S2/c1-32-25-15-8-7-14-24(25)29(30(32)21-10-3-2-4-11-21)27(34)20-38-31(35)26-18-22-12-5-6-13-23(22)19-33(26)40(36,37)28-16-9-17-39-28/h2-17,26H,18-20H2,1H3. The number of carbonyl (C=O) groups excluding carboxylic acids is 2. The molecule has 1 unspecified atom stereocenters. The first kappa shape index (κ1) is 26.2. The number of fused-ring (bicyclic) bond motifs is 2. The fourth-order valence-corrected chi connectivity index (χ4v) is 8.07. The fraction of sp³-hybridized carbons (Fsp3) is 0.161. The van der Waals surface area contributed by atoms with Crippen LogP contribution in [0.1, 0.15) is 21.5 Å². The van der Waals surface area contributed by atoms with Gasteiger partial charge in [0.1, 0.15) is 10.3 Å². The van der Waals surface area contributed by atoms with Crippen LogP contribution in [0, 0.1) is 0 Å². The number of aryl methyl sites for hydroxylation is 1. The molecular formula is C31H26N2O5S2. The number of sulfonamides is 1. The zero-order valence-electron chi connectivity index (χ0n) is 21.7. The molecular weight excluding hydrogens is 544 g/mol. The summed E-state index contributed by atoms with van der Waals surface area (Å²) in [5.41, 5.74) is 4.67. The van der Waals surface area contributed by atoms with Gasteiger partial charge in [0.15, 0.2) is 6.61 Å². The number of benzene rings is 3. The van der Waals surface area contributed by atoms with Crippen molar-refractivity contribution in [3.05, 3.63) is 113 Å². The number of aromatic nitrogens is 1. The van der Waals surface area contributed by atoms with Gasteiger partial charge < -0.3 is 9.30 Å². The molecule has 0 fully saturated rings. The largest absolute Gasteiger partial charge is 0.456 e. The van der Waals surface area contributed by atoms with Crippen LogP contribution in [0.4, 0.5) is 0 Å². The van der Waals surface area contributed by atoms with E-state index in [1.165, 1.54) is 10.4 Å². The summed E-state index contributed by atoms with van der Waals surface area (Å²) in [5.74, 6) is -1.10. The van der Waals surface area contributed by atoms with Crippen molar-refractivity contribution in [1.29, 1.82) is 0 Å². The topological polar surface area (TPSA) is 85.7 Å². The van der Waals surface area contributed by atoms with E-state index in [4.69, 9.17) is 4.74 Å². The van der Waals surface area contributed by atoms with Gasteiger partial charge in [0.25, 0.3) is 10.0 Å². The molecule has 2 aromatic heterocycles. The summed E-state index contributed by atoms with van der Waals surface area (Å²) in [4.78, 5) is 27.2. The molecule has 9 heteroatoms. The van der Waals surface area contributed by atoms with Gasteiger partial charge in [0, 0.05) is 30.9 Å². The molecule has 0 aliphatic carbocycles. The van der Waals surface area contributed by atoms with E-state index >= 15 is 0 Å². The highest BCUT2D eigenvalue weighted by molar-refractivity contribution is 7.91. The molecule has 40 heavy (non-hydrogen) atoms. The summed E-state index contributed by atoms with van der Waals surface area (Å²) in [6, 6.07) is 26.8. The number of nitrogens with zero attached hydrogens (tertiary/aromatic N) is 2. The summed E-state index contributed by atoms with van der Waals surface area (Å²) in [7, 11) is -2.05. The van der Waals surface area contributed by atoms with E-state index in [1.807, 2.05) is 90.5 Å². The molecule has 0 radical (unpaired) electrons. The number of para-hydroxylation sites is 1. The van der Waals surface area contributed by atoms with E-state index in [0.29, 0.717) is 5.56 Å². The third kappa shape index (κ3) is 4.56. The highest BCUT2D eigenvalue weighted by atomic mass is 32.2. The van der Waals surface area contributed by atoms with E-state index in [2.05, 4.69) is 0 Å². The Balaban J connectivity index is 1.31. The van der Waals surface area contributed by atoms with Crippen molar-refractivity contribution < 1.29 is 22.7 Å². The van der Waals surface area contributed by atoms with Gasteiger partial charge in [-0.3, -0.25) is 9.59 Å². The Morgan fingerprint density at radius 1 is 0.900 bits per heavy atom. The lowest BCUT2D eigenvalue weighted by atomic mass is 9.96. The van der Waals surface area contributed by atoms with Crippen LogP contribution in [-0.2, 0) is 39.6 Å². The van der Waals surface area contributed by atoms with Crippen molar-refractivity contribution in [3.8, 4) is 11.3 Å². The lowest BCUT2D eigenvalue weighted by molar-refractivity contribution is -0.147. The molecule has 1 atom stereocenters. The molecule has 5 aromatic rings. The van der Waals surface area contributed by atoms with Gasteiger partial charge in [0.05, 0.1) is 11.3 Å². The lowest BCUT2D eigenvalue weighted by Crippen LogP contribution is -2.49. The van der Waals surface area contributed by atoms with E-state index in [0.717, 1.165) is 44.6 Å². The highest BCUT2D eigenvalue weighted by Gasteiger charge is 2.41. The molecule has 3 heterocycles. The van der Waals surface area contributed by atoms with Gasteiger partial charge in [-0.05, 0) is 34.2 Å². The fourth-order valence-electron chi connectivity index (χ4n) is 5.39. The maximum absolute atomic E-state index is 13.7. The SMILES string of the molecule is Cn1c(-c2ccccc2)c(C(=O)COC(=O)C2Cc3ccccc3CN2S(=O)(=O)c2cccs2)c2ccccc21. The summed E-state index contributed by atoms with van der Waals surface area (Å²) >= 11 is 1.10. The molecule has 0 amide bonds. The van der Waals surface area contributed by atoms with Crippen LogP contribution >= 0.6 is 11.3 Å². The summed E-state index contributed by atoms with van der Waals surface area (Å²) in [5, 5.41) is 2.45. The van der Waals surface area contributed by atoms with Gasteiger partial charge in [0.2, 0.25) is 5.78 Å². The number of thiophene rings is 1. The van der Waals surface area contributed by atoms with E-state index in [1.54, 1.807) is 11.4 Å². The number of hydrogen-bond acceptors (Lipinski definition) is 6. The highest BCUT2D eigenvalue weighted by Crippen LogP contribution is 2.34. The number of Topliss-reactive ketones (excluding diaryl/α,β-unsaturated/α-hetero) is 1. The average Bonchev–Trinajstić information content (AvgIpc) is 3.63. The number of carbonyl (C=O) groups is 2. The van der Waals surface area contributed by atoms with Crippen molar-refractivity contribution in [1.82, 2.24) is 8.87 Å². The van der Waals surface area contributed by atoms with Crippen LogP contribution in [0.15, 0.2) is 101 Å². The second-order valence-electron chi connectivity index (χ2n) is 9.67. The average molecular weight is 571 g/mol. The van der Waals surface area contributed by atoms with E-state index in [-0.39, 0.29) is 23.0 Å². The molecule has 1 aliphatic rings. The second-order valence-corrected chi connectivity index (χ2v) is 12.7. The van der Waals surface area contributed by atoms with Gasteiger partial charge >= 0.3 is 5.97 Å². The Kier molecular flexibility index (Phi) is 6.87. The van der Waals surface area contributed by atoms with Crippen LogP contribution in [0.3, 0.4) is 0 Å². The van der Waals surface area contributed by atoms with Crippen LogP contribution in [0.5, 0.6) is 0 Å². The third-order valence-corrected chi connectivity index (χ3v) is 10.5. The number of esters is 1. The van der Waals surface area contributed by atoms with Gasteiger partial charge in [-0.2, -0.15) is 4.31 Å².